The fourth-order valence-corrected chi connectivity index (χ4v) is 3.13. The molecule has 0 aliphatic carbocycles. The summed E-state index contributed by atoms with van der Waals surface area (Å²) in [5.41, 5.74) is 4.47. The number of allylic oxidation sites excluding steroid dienone is 1. The Bertz CT molecular complexity index is 626. The van der Waals surface area contributed by atoms with Gasteiger partial charge in [-0.2, -0.15) is 0 Å². The SMILES string of the molecule is CCCCC(=O)CCc1cc(/C(C)=C/CO)cc2c1OCC2(C)C. The molecule has 3 heteroatoms. The van der Waals surface area contributed by atoms with Gasteiger partial charge in [-0.05, 0) is 48.6 Å². The summed E-state index contributed by atoms with van der Waals surface area (Å²) in [5, 5.41) is 9.18. The van der Waals surface area contributed by atoms with Crippen molar-refractivity contribution in [1.82, 2.24) is 0 Å². The van der Waals surface area contributed by atoms with E-state index < -0.39 is 0 Å². The van der Waals surface area contributed by atoms with Crippen LogP contribution in [0.15, 0.2) is 18.2 Å². The second-order valence-corrected chi connectivity index (χ2v) is 7.40. The molecule has 24 heavy (non-hydrogen) atoms. The van der Waals surface area contributed by atoms with Gasteiger partial charge < -0.3 is 9.84 Å². The largest absolute Gasteiger partial charge is 0.492 e. The first-order valence-electron chi connectivity index (χ1n) is 8.99. The third-order valence-corrected chi connectivity index (χ3v) is 4.81. The van der Waals surface area contributed by atoms with E-state index in [-0.39, 0.29) is 12.0 Å². The molecule has 1 N–H and O–H groups in total. The number of aliphatic hydroxyl groups excluding tert-OH is 1. The van der Waals surface area contributed by atoms with Gasteiger partial charge in [0.15, 0.2) is 0 Å². The number of hydrogen-bond acceptors (Lipinski definition) is 3. The molecule has 1 aromatic rings. The molecule has 0 amide bonds. The van der Waals surface area contributed by atoms with Crippen molar-refractivity contribution < 1.29 is 14.6 Å². The van der Waals surface area contributed by atoms with Crippen LogP contribution in [0.3, 0.4) is 0 Å². The summed E-state index contributed by atoms with van der Waals surface area (Å²) in [7, 11) is 0. The molecule has 1 aliphatic rings. The van der Waals surface area contributed by atoms with E-state index >= 15 is 0 Å². The van der Waals surface area contributed by atoms with Gasteiger partial charge in [-0.3, -0.25) is 4.79 Å². The van der Waals surface area contributed by atoms with Crippen LogP contribution in [0.1, 0.15) is 70.1 Å². The number of fused-ring (bicyclic) bond motifs is 1. The van der Waals surface area contributed by atoms with E-state index in [1.165, 1.54) is 5.56 Å². The maximum absolute atomic E-state index is 12.0. The average molecular weight is 330 g/mol. The summed E-state index contributed by atoms with van der Waals surface area (Å²) in [4.78, 5) is 12.0. The van der Waals surface area contributed by atoms with Crippen molar-refractivity contribution in [2.24, 2.45) is 0 Å². The zero-order valence-electron chi connectivity index (χ0n) is 15.4. The van der Waals surface area contributed by atoms with Crippen molar-refractivity contribution in [3.8, 4) is 5.75 Å². The summed E-state index contributed by atoms with van der Waals surface area (Å²) in [6, 6.07) is 4.29. The van der Waals surface area contributed by atoms with Gasteiger partial charge in [0.1, 0.15) is 11.5 Å². The number of rotatable bonds is 8. The van der Waals surface area contributed by atoms with Crippen molar-refractivity contribution in [1.29, 1.82) is 0 Å². The first-order valence-corrected chi connectivity index (χ1v) is 8.99. The molecule has 0 unspecified atom stereocenters. The van der Waals surface area contributed by atoms with Gasteiger partial charge in [-0.1, -0.05) is 33.3 Å². The fraction of sp³-hybridized carbons (Fsp3) is 0.571. The summed E-state index contributed by atoms with van der Waals surface area (Å²) < 4.78 is 5.97. The number of aliphatic hydroxyl groups is 1. The van der Waals surface area contributed by atoms with Crippen LogP contribution in [0.4, 0.5) is 0 Å². The van der Waals surface area contributed by atoms with Crippen LogP contribution in [0.2, 0.25) is 0 Å². The molecule has 0 spiro atoms. The maximum atomic E-state index is 12.0. The number of unbranched alkanes of at least 4 members (excludes halogenated alkanes) is 1. The second-order valence-electron chi connectivity index (χ2n) is 7.40. The number of hydrogen-bond donors (Lipinski definition) is 1. The first-order chi connectivity index (χ1) is 11.4. The van der Waals surface area contributed by atoms with Crippen molar-refractivity contribution in [3.05, 3.63) is 34.9 Å². The van der Waals surface area contributed by atoms with Crippen LogP contribution in [0, 0.1) is 0 Å². The topological polar surface area (TPSA) is 46.5 Å². The Balaban J connectivity index is 2.29. The predicted octanol–water partition coefficient (Wildman–Crippen LogP) is 4.44. The lowest BCUT2D eigenvalue weighted by molar-refractivity contribution is -0.119. The lowest BCUT2D eigenvalue weighted by Gasteiger charge is -2.17. The van der Waals surface area contributed by atoms with E-state index in [1.807, 2.05) is 13.0 Å². The van der Waals surface area contributed by atoms with Gasteiger partial charge in [0.05, 0.1) is 13.2 Å². The molecule has 1 aromatic carbocycles. The Morgan fingerprint density at radius 2 is 2.08 bits per heavy atom. The lowest BCUT2D eigenvalue weighted by Crippen LogP contribution is -2.18. The molecular formula is C21H30O3. The van der Waals surface area contributed by atoms with E-state index in [9.17, 15) is 9.90 Å². The highest BCUT2D eigenvalue weighted by atomic mass is 16.5. The van der Waals surface area contributed by atoms with E-state index in [2.05, 4.69) is 32.9 Å². The van der Waals surface area contributed by atoms with E-state index in [0.717, 1.165) is 41.7 Å². The number of aryl methyl sites for hydroxylation is 1. The highest BCUT2D eigenvalue weighted by Gasteiger charge is 2.34. The minimum Gasteiger partial charge on any atom is -0.492 e. The minimum atomic E-state index is -0.0220. The molecule has 0 aromatic heterocycles. The van der Waals surface area contributed by atoms with Gasteiger partial charge >= 0.3 is 0 Å². The van der Waals surface area contributed by atoms with Crippen molar-refractivity contribution in [2.75, 3.05) is 13.2 Å². The highest BCUT2D eigenvalue weighted by Crippen LogP contribution is 2.42. The Morgan fingerprint density at radius 3 is 2.75 bits per heavy atom. The predicted molar refractivity (Wildman–Crippen MR) is 98.6 cm³/mol. The number of benzene rings is 1. The second kappa shape index (κ2) is 7.98. The maximum Gasteiger partial charge on any atom is 0.133 e. The third-order valence-electron chi connectivity index (χ3n) is 4.81. The number of carbonyl (C=O) groups excluding carboxylic acids is 1. The molecule has 0 atom stereocenters. The quantitative estimate of drug-likeness (QED) is 0.766. The van der Waals surface area contributed by atoms with E-state index in [0.29, 0.717) is 25.2 Å². The highest BCUT2D eigenvalue weighted by molar-refractivity contribution is 5.79. The van der Waals surface area contributed by atoms with Crippen LogP contribution in [0.25, 0.3) is 5.57 Å². The standard InChI is InChI=1S/C21H30O3/c1-5-6-7-18(23)9-8-16-12-17(15(2)10-11-22)13-19-20(16)24-14-21(19,3)4/h10,12-13,22H,5-9,11,14H2,1-4H3/b15-10+. The summed E-state index contributed by atoms with van der Waals surface area (Å²) in [5.74, 6) is 1.29. The monoisotopic (exact) mass is 330 g/mol. The summed E-state index contributed by atoms with van der Waals surface area (Å²) in [6.07, 6.45) is 5.82. The smallest absolute Gasteiger partial charge is 0.133 e. The Hall–Kier alpha value is -1.61. The van der Waals surface area contributed by atoms with Gasteiger partial charge in [0.25, 0.3) is 0 Å². The Labute approximate surface area is 145 Å². The molecule has 3 nitrogen and oxygen atoms in total. The van der Waals surface area contributed by atoms with Crippen LogP contribution in [-0.2, 0) is 16.6 Å². The number of ether oxygens (including phenoxy) is 1. The molecular weight excluding hydrogens is 300 g/mol. The molecule has 132 valence electrons. The first kappa shape index (κ1) is 18.7. The van der Waals surface area contributed by atoms with Gasteiger partial charge in [-0.15, -0.1) is 0 Å². The summed E-state index contributed by atoms with van der Waals surface area (Å²) in [6.45, 7) is 9.19. The molecule has 2 rings (SSSR count). The van der Waals surface area contributed by atoms with Crippen LogP contribution in [0.5, 0.6) is 5.75 Å². The minimum absolute atomic E-state index is 0.0220. The number of Topliss-reactive ketones (excluding diaryl/α,β-unsaturated/α-hetero) is 1. The van der Waals surface area contributed by atoms with Gasteiger partial charge in [-0.25, -0.2) is 0 Å². The molecule has 1 heterocycles. The summed E-state index contributed by atoms with van der Waals surface area (Å²) >= 11 is 0. The zero-order valence-corrected chi connectivity index (χ0v) is 15.4. The molecule has 0 fully saturated rings. The fourth-order valence-electron chi connectivity index (χ4n) is 3.13. The third kappa shape index (κ3) is 4.27. The molecule has 0 radical (unpaired) electrons. The Morgan fingerprint density at radius 1 is 1.33 bits per heavy atom. The van der Waals surface area contributed by atoms with Crippen LogP contribution >= 0.6 is 0 Å². The van der Waals surface area contributed by atoms with Crippen molar-refractivity contribution in [2.45, 2.75) is 65.2 Å². The van der Waals surface area contributed by atoms with Crippen molar-refractivity contribution >= 4 is 11.4 Å². The van der Waals surface area contributed by atoms with Crippen LogP contribution in [-0.4, -0.2) is 24.1 Å². The van der Waals surface area contributed by atoms with Crippen molar-refractivity contribution in [3.63, 3.8) is 0 Å². The van der Waals surface area contributed by atoms with Gasteiger partial charge in [0.2, 0.25) is 0 Å². The van der Waals surface area contributed by atoms with E-state index in [1.54, 1.807) is 0 Å². The lowest BCUT2D eigenvalue weighted by atomic mass is 9.83. The number of carbonyl (C=O) groups is 1. The average Bonchev–Trinajstić information content (AvgIpc) is 2.86. The normalized spacial score (nSPS) is 16.0. The number of ketones is 1. The molecule has 0 saturated heterocycles. The molecule has 0 bridgehead atoms. The van der Waals surface area contributed by atoms with Gasteiger partial charge in [0, 0.05) is 23.8 Å². The zero-order chi connectivity index (χ0) is 17.7. The van der Waals surface area contributed by atoms with E-state index in [4.69, 9.17) is 4.74 Å². The Kier molecular flexibility index (Phi) is 6.22. The molecule has 0 saturated carbocycles. The van der Waals surface area contributed by atoms with Crippen LogP contribution < -0.4 is 4.74 Å². The molecule has 1 aliphatic heterocycles.